The van der Waals surface area contributed by atoms with Crippen LogP contribution < -0.4 is 19.4 Å². The first-order valence-electron chi connectivity index (χ1n) is 10.3. The molecule has 32 heavy (non-hydrogen) atoms. The molecule has 0 N–H and O–H groups in total. The molecule has 0 radical (unpaired) electrons. The highest BCUT2D eigenvalue weighted by Crippen LogP contribution is 2.47. The number of hydroxylamine groups is 1. The van der Waals surface area contributed by atoms with Crippen molar-refractivity contribution in [2.45, 2.75) is 12.1 Å². The van der Waals surface area contributed by atoms with Crippen LogP contribution in [0.3, 0.4) is 0 Å². The van der Waals surface area contributed by atoms with Gasteiger partial charge in [-0.15, -0.1) is 0 Å². The number of fused-ring (bicyclic) bond motifs is 1. The fourth-order valence-corrected chi connectivity index (χ4v) is 4.34. The maximum Gasteiger partial charge on any atom is 0.266 e. The fourth-order valence-electron chi connectivity index (χ4n) is 4.34. The molecule has 0 saturated carbocycles. The summed E-state index contributed by atoms with van der Waals surface area (Å²) in [6.45, 7) is 0. The van der Waals surface area contributed by atoms with Crippen LogP contribution in [0.4, 0.5) is 11.4 Å². The Kier molecular flexibility index (Phi) is 5.03. The van der Waals surface area contributed by atoms with Crippen LogP contribution >= 0.6 is 0 Å². The van der Waals surface area contributed by atoms with Crippen LogP contribution in [0, 0.1) is 5.92 Å². The van der Waals surface area contributed by atoms with E-state index in [0.717, 1.165) is 11.3 Å². The van der Waals surface area contributed by atoms with Gasteiger partial charge in [0.25, 0.3) is 5.91 Å². The molecular formula is C25H22N2O5. The first-order chi connectivity index (χ1) is 15.6. The molecule has 2 aliphatic rings. The van der Waals surface area contributed by atoms with Gasteiger partial charge in [-0.05, 0) is 54.1 Å². The summed E-state index contributed by atoms with van der Waals surface area (Å²) in [5, 5.41) is 1.66. The lowest BCUT2D eigenvalue weighted by Gasteiger charge is -2.29. The summed E-state index contributed by atoms with van der Waals surface area (Å²) in [5.74, 6) is 0.0958. The van der Waals surface area contributed by atoms with Gasteiger partial charge in [0.05, 0.1) is 31.6 Å². The summed E-state index contributed by atoms with van der Waals surface area (Å²) in [7, 11) is 3.20. The third kappa shape index (κ3) is 3.18. The third-order valence-electron chi connectivity index (χ3n) is 5.91. The number of imide groups is 1. The van der Waals surface area contributed by atoms with Crippen molar-refractivity contribution in [3.63, 3.8) is 0 Å². The van der Waals surface area contributed by atoms with Crippen LogP contribution in [0.1, 0.15) is 11.6 Å². The average molecular weight is 430 g/mol. The van der Waals surface area contributed by atoms with E-state index in [2.05, 4.69) is 0 Å². The Morgan fingerprint density at radius 1 is 0.719 bits per heavy atom. The van der Waals surface area contributed by atoms with E-state index in [1.54, 1.807) is 43.5 Å². The number of methoxy groups -OCH3 is 2. The van der Waals surface area contributed by atoms with E-state index in [9.17, 15) is 9.59 Å². The summed E-state index contributed by atoms with van der Waals surface area (Å²) >= 11 is 0. The van der Waals surface area contributed by atoms with Crippen LogP contribution in [0.25, 0.3) is 0 Å². The van der Waals surface area contributed by atoms with Crippen molar-refractivity contribution in [3.8, 4) is 11.5 Å². The van der Waals surface area contributed by atoms with Gasteiger partial charge in [0, 0.05) is 0 Å². The molecule has 2 amide bonds. The molecule has 162 valence electrons. The molecule has 3 aromatic rings. The molecule has 0 spiro atoms. The highest BCUT2D eigenvalue weighted by atomic mass is 16.7. The Hall–Kier alpha value is -3.84. The van der Waals surface area contributed by atoms with E-state index in [1.807, 2.05) is 54.6 Å². The van der Waals surface area contributed by atoms with Crippen molar-refractivity contribution in [2.75, 3.05) is 24.2 Å². The van der Waals surface area contributed by atoms with Crippen molar-refractivity contribution < 1.29 is 23.9 Å². The Morgan fingerprint density at radius 3 is 1.91 bits per heavy atom. The second-order valence-electron chi connectivity index (χ2n) is 7.64. The number of para-hydroxylation sites is 1. The van der Waals surface area contributed by atoms with Gasteiger partial charge in [-0.1, -0.05) is 30.3 Å². The van der Waals surface area contributed by atoms with Gasteiger partial charge in [-0.25, -0.2) is 9.96 Å². The van der Waals surface area contributed by atoms with Gasteiger partial charge in [-0.2, -0.15) is 0 Å². The van der Waals surface area contributed by atoms with Gasteiger partial charge in [-0.3, -0.25) is 14.4 Å². The van der Waals surface area contributed by atoms with Gasteiger partial charge >= 0.3 is 0 Å². The molecule has 3 aromatic carbocycles. The van der Waals surface area contributed by atoms with Gasteiger partial charge < -0.3 is 9.47 Å². The number of rotatable bonds is 5. The van der Waals surface area contributed by atoms with Crippen molar-refractivity contribution >= 4 is 23.2 Å². The zero-order valence-electron chi connectivity index (χ0n) is 17.7. The van der Waals surface area contributed by atoms with Gasteiger partial charge in [0.15, 0.2) is 6.10 Å². The second-order valence-corrected chi connectivity index (χ2v) is 7.64. The van der Waals surface area contributed by atoms with Gasteiger partial charge in [0.1, 0.15) is 17.4 Å². The number of amides is 2. The number of benzene rings is 3. The van der Waals surface area contributed by atoms with Crippen LogP contribution in [-0.4, -0.2) is 32.1 Å². The lowest BCUT2D eigenvalue weighted by Crippen LogP contribution is -2.37. The average Bonchev–Trinajstić information content (AvgIpc) is 3.35. The van der Waals surface area contributed by atoms with Gasteiger partial charge in [0.2, 0.25) is 5.91 Å². The Bertz CT molecular complexity index is 1130. The summed E-state index contributed by atoms with van der Waals surface area (Å²) in [6, 6.07) is 23.3. The molecule has 2 heterocycles. The Morgan fingerprint density at radius 2 is 1.31 bits per heavy atom. The molecule has 7 heteroatoms. The highest BCUT2D eigenvalue weighted by Gasteiger charge is 2.60. The van der Waals surface area contributed by atoms with Crippen LogP contribution in [0.15, 0.2) is 78.9 Å². The first-order valence-corrected chi connectivity index (χ1v) is 10.3. The molecular weight excluding hydrogens is 408 g/mol. The molecule has 0 aliphatic carbocycles. The minimum Gasteiger partial charge on any atom is -0.497 e. The molecule has 7 nitrogen and oxygen atoms in total. The predicted molar refractivity (Wildman–Crippen MR) is 119 cm³/mol. The summed E-state index contributed by atoms with van der Waals surface area (Å²) in [5.41, 5.74) is 2.13. The smallest absolute Gasteiger partial charge is 0.266 e. The number of carbonyl (C=O) groups is 2. The molecule has 5 rings (SSSR count). The molecule has 0 bridgehead atoms. The highest BCUT2D eigenvalue weighted by molar-refractivity contribution is 6.23. The van der Waals surface area contributed by atoms with Crippen molar-refractivity contribution in [3.05, 3.63) is 84.4 Å². The van der Waals surface area contributed by atoms with E-state index in [-0.39, 0.29) is 11.8 Å². The molecule has 0 unspecified atom stereocenters. The van der Waals surface area contributed by atoms with Crippen LogP contribution in [0.5, 0.6) is 11.5 Å². The summed E-state index contributed by atoms with van der Waals surface area (Å²) in [4.78, 5) is 34.2. The summed E-state index contributed by atoms with van der Waals surface area (Å²) in [6.07, 6.45) is -0.906. The quantitative estimate of drug-likeness (QED) is 0.575. The number of carbonyl (C=O) groups excluding carboxylic acids is 2. The molecule has 3 atom stereocenters. The SMILES string of the molecule is COc1ccc([C@H]2[C@H]3C(=O)N(c4ccccc4)C(=O)[C@@H]3ON2c2ccc(OC)cc2)cc1. The number of ether oxygens (including phenoxy) is 2. The van der Waals surface area contributed by atoms with Crippen LogP contribution in [0.2, 0.25) is 0 Å². The Labute approximate surface area is 185 Å². The first kappa shape index (κ1) is 20.1. The molecule has 2 saturated heterocycles. The maximum absolute atomic E-state index is 13.5. The minimum absolute atomic E-state index is 0.275. The monoisotopic (exact) mass is 430 g/mol. The maximum atomic E-state index is 13.5. The number of hydrogen-bond donors (Lipinski definition) is 0. The van der Waals surface area contributed by atoms with E-state index < -0.39 is 18.1 Å². The Balaban J connectivity index is 1.56. The lowest BCUT2D eigenvalue weighted by atomic mass is 9.90. The third-order valence-corrected chi connectivity index (χ3v) is 5.91. The topological polar surface area (TPSA) is 68.3 Å². The molecule has 0 aromatic heterocycles. The van der Waals surface area contributed by atoms with Crippen molar-refractivity contribution in [1.82, 2.24) is 0 Å². The zero-order valence-corrected chi connectivity index (χ0v) is 17.7. The van der Waals surface area contributed by atoms with Crippen molar-refractivity contribution in [1.29, 1.82) is 0 Å². The summed E-state index contributed by atoms with van der Waals surface area (Å²) < 4.78 is 10.5. The van der Waals surface area contributed by atoms with E-state index >= 15 is 0 Å². The predicted octanol–water partition coefficient (Wildman–Crippen LogP) is 3.75. The molecule has 2 aliphatic heterocycles. The number of nitrogens with zero attached hydrogens (tertiary/aromatic N) is 2. The van der Waals surface area contributed by atoms with E-state index in [1.165, 1.54) is 4.90 Å². The number of hydrogen-bond acceptors (Lipinski definition) is 6. The minimum atomic E-state index is -0.906. The van der Waals surface area contributed by atoms with Crippen molar-refractivity contribution in [2.24, 2.45) is 5.92 Å². The lowest BCUT2D eigenvalue weighted by molar-refractivity contribution is -0.126. The molecule has 2 fully saturated rings. The normalized spacial score (nSPS) is 22.2. The standard InChI is InChI=1S/C25H22N2O5/c1-30-19-12-8-16(9-13-19)22-21-23(32-27(22)18-10-14-20(31-2)15-11-18)25(29)26(24(21)28)17-6-4-3-5-7-17/h3-15,21-23H,1-2H3/t21-,22+,23-/m1/s1. The zero-order chi connectivity index (χ0) is 22.2. The van der Waals surface area contributed by atoms with E-state index in [4.69, 9.17) is 14.3 Å². The number of anilines is 2. The largest absolute Gasteiger partial charge is 0.497 e. The fraction of sp³-hybridized carbons (Fsp3) is 0.200. The second kappa shape index (κ2) is 8.01. The van der Waals surface area contributed by atoms with Crippen LogP contribution in [-0.2, 0) is 14.4 Å². The van der Waals surface area contributed by atoms with E-state index in [0.29, 0.717) is 17.2 Å².